The smallest absolute Gasteiger partial charge is 0.239 e. The molecule has 0 atom stereocenters. The molecule has 1 aromatic carbocycles. The zero-order valence-electron chi connectivity index (χ0n) is 15.2. The number of nitrogens with two attached hydrogens (primary N) is 1. The van der Waals surface area contributed by atoms with Crippen LogP contribution in [-0.2, 0) is 16.6 Å². The van der Waals surface area contributed by atoms with Crippen molar-refractivity contribution in [3.8, 4) is 11.5 Å². The lowest BCUT2D eigenvalue weighted by molar-refractivity contribution is -0.126. The highest BCUT2D eigenvalue weighted by molar-refractivity contribution is 5.88. The van der Waals surface area contributed by atoms with Crippen LogP contribution < -0.4 is 20.5 Å². The summed E-state index contributed by atoms with van der Waals surface area (Å²) in [5.74, 6) is 2.21. The Morgan fingerprint density at radius 1 is 1.27 bits per heavy atom. The predicted molar refractivity (Wildman–Crippen MR) is 97.2 cm³/mol. The normalized spacial score (nSPS) is 15.6. The number of H-pyrrole nitrogens is 1. The van der Waals surface area contributed by atoms with Crippen LogP contribution in [0.5, 0.6) is 11.5 Å². The highest BCUT2D eigenvalue weighted by Crippen LogP contribution is 2.43. The number of carbonyl (C=O) groups is 1. The second-order valence-corrected chi connectivity index (χ2v) is 6.51. The van der Waals surface area contributed by atoms with Gasteiger partial charge in [0.05, 0.1) is 19.6 Å². The van der Waals surface area contributed by atoms with Gasteiger partial charge in [-0.25, -0.2) is 0 Å². The lowest BCUT2D eigenvalue weighted by atomic mass is 9.77. The van der Waals surface area contributed by atoms with Gasteiger partial charge in [-0.1, -0.05) is 18.9 Å². The third-order valence-electron chi connectivity index (χ3n) is 5.02. The first-order valence-corrected chi connectivity index (χ1v) is 8.76. The molecular formula is C18H25N5O3. The molecule has 2 aromatic rings. The summed E-state index contributed by atoms with van der Waals surface area (Å²) >= 11 is 0. The van der Waals surface area contributed by atoms with Crippen LogP contribution in [0.3, 0.4) is 0 Å². The van der Waals surface area contributed by atoms with Gasteiger partial charge < -0.3 is 20.5 Å². The molecule has 1 aromatic heterocycles. The quantitative estimate of drug-likeness (QED) is 0.691. The first kappa shape index (κ1) is 18.0. The van der Waals surface area contributed by atoms with Crippen molar-refractivity contribution < 1.29 is 14.3 Å². The molecule has 1 amide bonds. The molecule has 4 N–H and O–H groups in total. The van der Waals surface area contributed by atoms with Crippen molar-refractivity contribution in [3.05, 3.63) is 29.6 Å². The van der Waals surface area contributed by atoms with Crippen LogP contribution in [0.1, 0.15) is 37.1 Å². The molecule has 0 unspecified atom stereocenters. The number of hydrogen-bond donors (Lipinski definition) is 3. The summed E-state index contributed by atoms with van der Waals surface area (Å²) < 4.78 is 10.7. The third-order valence-corrected chi connectivity index (χ3v) is 5.02. The standard InChI is InChI=1S/C18H25N5O3/c1-25-13-6-5-12(11-14(13)26-2)18(8-3-4-9-18)16(24)20-10-7-15-21-17(19)23-22-15/h5-6,11H,3-4,7-10H2,1-2H3,(H,20,24)(H3,19,21,22,23). The zero-order valence-corrected chi connectivity index (χ0v) is 15.2. The number of benzene rings is 1. The fraction of sp³-hybridized carbons (Fsp3) is 0.500. The molecule has 0 radical (unpaired) electrons. The number of aromatic amines is 1. The van der Waals surface area contributed by atoms with E-state index in [2.05, 4.69) is 20.5 Å². The van der Waals surface area contributed by atoms with Gasteiger partial charge in [0.15, 0.2) is 11.5 Å². The van der Waals surface area contributed by atoms with Gasteiger partial charge in [0.25, 0.3) is 0 Å². The van der Waals surface area contributed by atoms with Crippen molar-refractivity contribution in [1.29, 1.82) is 0 Å². The van der Waals surface area contributed by atoms with Gasteiger partial charge in [-0.2, -0.15) is 4.98 Å². The number of methoxy groups -OCH3 is 2. The van der Waals surface area contributed by atoms with Crippen molar-refractivity contribution in [2.75, 3.05) is 26.5 Å². The number of nitrogens with one attached hydrogen (secondary N) is 2. The highest BCUT2D eigenvalue weighted by Gasteiger charge is 2.42. The van der Waals surface area contributed by atoms with Gasteiger partial charge in [0, 0.05) is 13.0 Å². The molecule has 1 fully saturated rings. The molecule has 0 aliphatic heterocycles. The van der Waals surface area contributed by atoms with Crippen molar-refractivity contribution in [3.63, 3.8) is 0 Å². The van der Waals surface area contributed by atoms with E-state index in [4.69, 9.17) is 15.2 Å². The molecule has 26 heavy (non-hydrogen) atoms. The van der Waals surface area contributed by atoms with E-state index in [0.29, 0.717) is 30.3 Å². The Morgan fingerprint density at radius 2 is 2.00 bits per heavy atom. The summed E-state index contributed by atoms with van der Waals surface area (Å²) in [7, 11) is 3.21. The van der Waals surface area contributed by atoms with Gasteiger partial charge in [-0.15, -0.1) is 5.10 Å². The van der Waals surface area contributed by atoms with Gasteiger partial charge in [-0.3, -0.25) is 9.89 Å². The van der Waals surface area contributed by atoms with Gasteiger partial charge in [0.2, 0.25) is 11.9 Å². The van der Waals surface area contributed by atoms with Crippen molar-refractivity contribution in [2.45, 2.75) is 37.5 Å². The zero-order chi connectivity index (χ0) is 18.6. The minimum atomic E-state index is -0.528. The second kappa shape index (κ2) is 7.63. The fourth-order valence-corrected chi connectivity index (χ4v) is 3.64. The minimum absolute atomic E-state index is 0.0368. The molecule has 1 aliphatic carbocycles. The summed E-state index contributed by atoms with van der Waals surface area (Å²) in [6, 6.07) is 5.74. The number of carbonyl (C=O) groups excluding carboxylic acids is 1. The maximum absolute atomic E-state index is 13.1. The summed E-state index contributed by atoms with van der Waals surface area (Å²) in [5.41, 5.74) is 5.93. The molecule has 0 saturated heterocycles. The number of aromatic nitrogens is 3. The number of amides is 1. The first-order valence-electron chi connectivity index (χ1n) is 8.76. The largest absolute Gasteiger partial charge is 0.493 e. The van der Waals surface area contributed by atoms with Crippen molar-refractivity contribution in [2.24, 2.45) is 0 Å². The maximum Gasteiger partial charge on any atom is 0.239 e. The van der Waals surface area contributed by atoms with Gasteiger partial charge in [-0.05, 0) is 30.5 Å². The molecule has 140 valence electrons. The molecule has 0 bridgehead atoms. The van der Waals surface area contributed by atoms with Crippen LogP contribution in [0.15, 0.2) is 18.2 Å². The van der Waals surface area contributed by atoms with E-state index in [1.165, 1.54) is 0 Å². The van der Waals surface area contributed by atoms with Crippen molar-refractivity contribution >= 4 is 11.9 Å². The van der Waals surface area contributed by atoms with Crippen LogP contribution in [-0.4, -0.2) is 41.9 Å². The van der Waals surface area contributed by atoms with Gasteiger partial charge in [0.1, 0.15) is 5.82 Å². The monoisotopic (exact) mass is 359 g/mol. The number of hydrogen-bond acceptors (Lipinski definition) is 6. The van der Waals surface area contributed by atoms with E-state index in [1.54, 1.807) is 14.2 Å². The Labute approximate surface area is 152 Å². The Kier molecular flexibility index (Phi) is 5.29. The number of anilines is 1. The summed E-state index contributed by atoms with van der Waals surface area (Å²) in [6.45, 7) is 0.475. The van der Waals surface area contributed by atoms with E-state index in [1.807, 2.05) is 18.2 Å². The summed E-state index contributed by atoms with van der Waals surface area (Å²) in [4.78, 5) is 17.1. The molecule has 0 spiro atoms. The first-order chi connectivity index (χ1) is 12.6. The fourth-order valence-electron chi connectivity index (χ4n) is 3.64. The minimum Gasteiger partial charge on any atom is -0.493 e. The van der Waals surface area contributed by atoms with Crippen molar-refractivity contribution in [1.82, 2.24) is 20.5 Å². The lowest BCUT2D eigenvalue weighted by Gasteiger charge is -2.29. The predicted octanol–water partition coefficient (Wildman–Crippen LogP) is 1.57. The molecule has 1 saturated carbocycles. The van der Waals surface area contributed by atoms with Crippen LogP contribution in [0, 0.1) is 0 Å². The Balaban J connectivity index is 1.75. The second-order valence-electron chi connectivity index (χ2n) is 6.51. The molecule has 3 rings (SSSR count). The molecule has 8 nitrogen and oxygen atoms in total. The van der Waals surface area contributed by atoms with E-state index in [-0.39, 0.29) is 11.9 Å². The molecule has 1 aliphatic rings. The number of nitrogens with zero attached hydrogens (tertiary/aromatic N) is 2. The average Bonchev–Trinajstić information content (AvgIpc) is 3.31. The summed E-state index contributed by atoms with van der Waals surface area (Å²) in [5, 5.41) is 9.59. The Hall–Kier alpha value is -2.77. The average molecular weight is 359 g/mol. The van der Waals surface area contributed by atoms with E-state index in [9.17, 15) is 4.79 Å². The van der Waals surface area contributed by atoms with Crippen LogP contribution in [0.25, 0.3) is 0 Å². The maximum atomic E-state index is 13.1. The van der Waals surface area contributed by atoms with Crippen LogP contribution >= 0.6 is 0 Å². The third kappa shape index (κ3) is 3.44. The number of ether oxygens (including phenoxy) is 2. The topological polar surface area (TPSA) is 115 Å². The Morgan fingerprint density at radius 3 is 2.62 bits per heavy atom. The van der Waals surface area contributed by atoms with E-state index < -0.39 is 5.41 Å². The number of rotatable bonds is 7. The molecule has 1 heterocycles. The Bertz CT molecular complexity index is 768. The van der Waals surface area contributed by atoms with E-state index >= 15 is 0 Å². The molecular weight excluding hydrogens is 334 g/mol. The molecule has 8 heteroatoms. The lowest BCUT2D eigenvalue weighted by Crippen LogP contribution is -2.43. The van der Waals surface area contributed by atoms with Gasteiger partial charge >= 0.3 is 0 Å². The number of nitrogen functional groups attached to an aromatic ring is 1. The van der Waals surface area contributed by atoms with Crippen LogP contribution in [0.4, 0.5) is 5.95 Å². The highest BCUT2D eigenvalue weighted by atomic mass is 16.5. The SMILES string of the molecule is COc1ccc(C2(C(=O)NCCc3nc(N)n[nH]3)CCCC2)cc1OC. The summed E-state index contributed by atoms with van der Waals surface area (Å²) in [6.07, 6.45) is 4.26. The van der Waals surface area contributed by atoms with Crippen LogP contribution in [0.2, 0.25) is 0 Å². The van der Waals surface area contributed by atoms with E-state index in [0.717, 1.165) is 31.2 Å².